The molecule has 0 unspecified atom stereocenters. The maximum atomic E-state index is 5.96. The Labute approximate surface area is 118 Å². The largest absolute Gasteiger partial charge is 0.399 e. The van der Waals surface area contributed by atoms with Crippen molar-refractivity contribution in [1.82, 2.24) is 4.98 Å². The van der Waals surface area contributed by atoms with Crippen molar-refractivity contribution >= 4 is 50.6 Å². The van der Waals surface area contributed by atoms with E-state index >= 15 is 0 Å². The fourth-order valence-electron chi connectivity index (χ4n) is 1.56. The molecule has 5 heteroatoms. The van der Waals surface area contributed by atoms with Gasteiger partial charge in [0.2, 0.25) is 0 Å². The second-order valence-corrected chi connectivity index (χ2v) is 6.55. The van der Waals surface area contributed by atoms with Gasteiger partial charge in [-0.3, -0.25) is 0 Å². The zero-order valence-electron chi connectivity index (χ0n) is 9.26. The number of fused-ring (bicyclic) bond motifs is 1. The predicted molar refractivity (Wildman–Crippen MR) is 79.6 cm³/mol. The summed E-state index contributed by atoms with van der Waals surface area (Å²) in [4.78, 5) is 5.70. The summed E-state index contributed by atoms with van der Waals surface area (Å²) >= 11 is 9.25. The topological polar surface area (TPSA) is 38.9 Å². The van der Waals surface area contributed by atoms with Crippen molar-refractivity contribution in [2.45, 2.75) is 9.24 Å². The number of nitrogens with two attached hydrogens (primary N) is 1. The Balaban J connectivity index is 1.92. The molecule has 1 aromatic heterocycles. The fourth-order valence-corrected chi connectivity index (χ4v) is 3.87. The van der Waals surface area contributed by atoms with E-state index in [1.165, 1.54) is 0 Å². The molecule has 0 fully saturated rings. The normalized spacial score (nSPS) is 10.9. The van der Waals surface area contributed by atoms with Crippen molar-refractivity contribution in [3.05, 3.63) is 47.5 Å². The minimum atomic E-state index is 0.746. The number of nitrogens with zero attached hydrogens (tertiary/aromatic N) is 1. The van der Waals surface area contributed by atoms with Crippen LogP contribution in [0.15, 0.2) is 51.7 Å². The molecule has 0 atom stereocenters. The summed E-state index contributed by atoms with van der Waals surface area (Å²) in [7, 11) is 0. The van der Waals surface area contributed by atoms with E-state index in [4.69, 9.17) is 17.3 Å². The van der Waals surface area contributed by atoms with Gasteiger partial charge >= 0.3 is 0 Å². The molecule has 18 heavy (non-hydrogen) atoms. The van der Waals surface area contributed by atoms with Crippen LogP contribution >= 0.6 is 34.7 Å². The highest BCUT2D eigenvalue weighted by Crippen LogP contribution is 2.35. The molecular formula is C13H9ClN2S2. The molecule has 1 heterocycles. The highest BCUT2D eigenvalue weighted by atomic mass is 35.5. The van der Waals surface area contributed by atoms with E-state index in [0.29, 0.717) is 0 Å². The van der Waals surface area contributed by atoms with E-state index in [2.05, 4.69) is 4.98 Å². The van der Waals surface area contributed by atoms with E-state index in [9.17, 15) is 0 Å². The summed E-state index contributed by atoms with van der Waals surface area (Å²) in [5.74, 6) is 0. The first-order valence-electron chi connectivity index (χ1n) is 5.30. The Morgan fingerprint density at radius 1 is 1.11 bits per heavy atom. The van der Waals surface area contributed by atoms with Gasteiger partial charge < -0.3 is 5.73 Å². The quantitative estimate of drug-likeness (QED) is 0.697. The fraction of sp³-hybridized carbons (Fsp3) is 0. The van der Waals surface area contributed by atoms with Crippen LogP contribution in [0.25, 0.3) is 10.2 Å². The molecule has 0 bridgehead atoms. The van der Waals surface area contributed by atoms with Crippen LogP contribution in [0.5, 0.6) is 0 Å². The van der Waals surface area contributed by atoms with E-state index in [-0.39, 0.29) is 0 Å². The molecule has 0 radical (unpaired) electrons. The van der Waals surface area contributed by atoms with Gasteiger partial charge in [0.1, 0.15) is 0 Å². The van der Waals surface area contributed by atoms with Gasteiger partial charge in [-0.2, -0.15) is 0 Å². The van der Waals surface area contributed by atoms with Crippen LogP contribution in [0.3, 0.4) is 0 Å². The smallest absolute Gasteiger partial charge is 0.155 e. The van der Waals surface area contributed by atoms with Crippen LogP contribution in [-0.4, -0.2) is 4.98 Å². The van der Waals surface area contributed by atoms with Crippen molar-refractivity contribution in [2.24, 2.45) is 0 Å². The van der Waals surface area contributed by atoms with Crippen molar-refractivity contribution in [1.29, 1.82) is 0 Å². The summed E-state index contributed by atoms with van der Waals surface area (Å²) in [5, 5.41) is 0.746. The minimum absolute atomic E-state index is 0.746. The van der Waals surface area contributed by atoms with Crippen LogP contribution in [-0.2, 0) is 0 Å². The number of aromatic nitrogens is 1. The molecule has 2 aromatic carbocycles. The molecule has 0 saturated heterocycles. The third kappa shape index (κ3) is 2.46. The van der Waals surface area contributed by atoms with E-state index < -0.39 is 0 Å². The Morgan fingerprint density at radius 2 is 1.89 bits per heavy atom. The lowest BCUT2D eigenvalue weighted by Crippen LogP contribution is -1.82. The molecular weight excluding hydrogens is 284 g/mol. The van der Waals surface area contributed by atoms with Crippen molar-refractivity contribution < 1.29 is 0 Å². The lowest BCUT2D eigenvalue weighted by atomic mass is 10.3. The predicted octanol–water partition coefficient (Wildman–Crippen LogP) is 4.68. The Morgan fingerprint density at radius 3 is 2.67 bits per heavy atom. The number of halogens is 1. The molecule has 2 N–H and O–H groups in total. The number of nitrogen functional groups attached to an aromatic ring is 1. The maximum absolute atomic E-state index is 5.96. The van der Waals surface area contributed by atoms with Gasteiger partial charge in [0.25, 0.3) is 0 Å². The average Bonchev–Trinajstić information content (AvgIpc) is 2.73. The van der Waals surface area contributed by atoms with Crippen LogP contribution in [0, 0.1) is 0 Å². The summed E-state index contributed by atoms with van der Waals surface area (Å²) in [6, 6.07) is 13.5. The number of rotatable bonds is 2. The lowest BCUT2D eigenvalue weighted by molar-refractivity contribution is 1.29. The summed E-state index contributed by atoms with van der Waals surface area (Å²) in [5.41, 5.74) is 7.42. The van der Waals surface area contributed by atoms with Gasteiger partial charge in [-0.25, -0.2) is 4.98 Å². The van der Waals surface area contributed by atoms with Crippen molar-refractivity contribution in [2.75, 3.05) is 5.73 Å². The Bertz CT molecular complexity index is 692. The van der Waals surface area contributed by atoms with Gasteiger partial charge in [-0.05, 0) is 42.5 Å². The zero-order chi connectivity index (χ0) is 12.5. The second-order valence-electron chi connectivity index (χ2n) is 3.76. The first-order valence-corrected chi connectivity index (χ1v) is 7.31. The number of anilines is 1. The summed E-state index contributed by atoms with van der Waals surface area (Å²) in [6.45, 7) is 0. The second kappa shape index (κ2) is 4.80. The van der Waals surface area contributed by atoms with E-state index in [1.807, 2.05) is 42.5 Å². The first kappa shape index (κ1) is 11.8. The first-order chi connectivity index (χ1) is 8.70. The average molecular weight is 293 g/mol. The monoisotopic (exact) mass is 292 g/mol. The van der Waals surface area contributed by atoms with Crippen LogP contribution < -0.4 is 5.73 Å². The van der Waals surface area contributed by atoms with Gasteiger partial charge in [-0.1, -0.05) is 23.4 Å². The number of benzene rings is 2. The van der Waals surface area contributed by atoms with Crippen LogP contribution in [0.2, 0.25) is 5.02 Å². The zero-order valence-corrected chi connectivity index (χ0v) is 11.6. The highest BCUT2D eigenvalue weighted by molar-refractivity contribution is 8.01. The highest BCUT2D eigenvalue weighted by Gasteiger charge is 2.06. The number of hydrogen-bond donors (Lipinski definition) is 1. The molecule has 3 aromatic rings. The molecule has 90 valence electrons. The summed E-state index contributed by atoms with van der Waals surface area (Å²) in [6.07, 6.45) is 0. The summed E-state index contributed by atoms with van der Waals surface area (Å²) < 4.78 is 2.12. The lowest BCUT2D eigenvalue weighted by Gasteiger charge is -1.97. The van der Waals surface area contributed by atoms with E-state index in [1.54, 1.807) is 23.1 Å². The maximum Gasteiger partial charge on any atom is 0.155 e. The molecule has 0 aliphatic heterocycles. The molecule has 2 nitrogen and oxygen atoms in total. The van der Waals surface area contributed by atoms with Gasteiger partial charge in [0.15, 0.2) is 4.34 Å². The molecule has 0 spiro atoms. The molecule has 0 amide bonds. The number of hydrogen-bond acceptors (Lipinski definition) is 4. The van der Waals surface area contributed by atoms with E-state index in [0.717, 1.165) is 30.2 Å². The third-order valence-corrected chi connectivity index (χ3v) is 4.74. The Hall–Kier alpha value is -1.23. The SMILES string of the molecule is Nc1ccc(Sc2nc3ccc(Cl)cc3s2)cc1. The van der Waals surface area contributed by atoms with Gasteiger partial charge in [0.05, 0.1) is 10.2 Å². The Kier molecular flexibility index (Phi) is 3.16. The molecule has 0 saturated carbocycles. The minimum Gasteiger partial charge on any atom is -0.399 e. The van der Waals surface area contributed by atoms with Crippen LogP contribution in [0.1, 0.15) is 0 Å². The van der Waals surface area contributed by atoms with Crippen molar-refractivity contribution in [3.63, 3.8) is 0 Å². The van der Waals surface area contributed by atoms with Gasteiger partial charge in [0, 0.05) is 15.6 Å². The van der Waals surface area contributed by atoms with Gasteiger partial charge in [-0.15, -0.1) is 11.3 Å². The molecule has 0 aliphatic rings. The molecule has 0 aliphatic carbocycles. The third-order valence-electron chi connectivity index (χ3n) is 2.42. The van der Waals surface area contributed by atoms with Crippen molar-refractivity contribution in [3.8, 4) is 0 Å². The number of thiazole rings is 1. The van der Waals surface area contributed by atoms with Crippen LogP contribution in [0.4, 0.5) is 5.69 Å². The molecule has 3 rings (SSSR count). The standard InChI is InChI=1S/C13H9ClN2S2/c14-8-1-6-11-12(7-8)18-13(16-11)17-10-4-2-9(15)3-5-10/h1-7H,15H2.